The first-order chi connectivity index (χ1) is 17.9. The van der Waals surface area contributed by atoms with Gasteiger partial charge in [-0.3, -0.25) is 9.59 Å². The highest BCUT2D eigenvalue weighted by molar-refractivity contribution is 6.30. The molecule has 3 aliphatic carbocycles. The summed E-state index contributed by atoms with van der Waals surface area (Å²) in [4.78, 5) is 39.4. The van der Waals surface area contributed by atoms with Crippen molar-refractivity contribution < 1.29 is 37.4 Å². The second-order valence-corrected chi connectivity index (χ2v) is 11.5. The van der Waals surface area contributed by atoms with Crippen molar-refractivity contribution in [3.05, 3.63) is 40.8 Å². The van der Waals surface area contributed by atoms with Gasteiger partial charge in [-0.1, -0.05) is 11.6 Å². The fourth-order valence-electron chi connectivity index (χ4n) is 5.18. The third-order valence-electron chi connectivity index (χ3n) is 6.81. The van der Waals surface area contributed by atoms with E-state index in [4.69, 9.17) is 30.2 Å². The largest absolute Gasteiger partial charge is 0.484 e. The molecule has 1 atom stereocenters. The fourth-order valence-corrected chi connectivity index (χ4v) is 5.30. The molecule has 2 heterocycles. The number of ketones is 1. The lowest BCUT2D eigenvalue weighted by molar-refractivity contribution is -0.148. The quantitative estimate of drug-likeness (QED) is 0.514. The molecule has 1 saturated heterocycles. The lowest BCUT2D eigenvalue weighted by Crippen LogP contribution is -2.77. The molecule has 1 aromatic heterocycles. The van der Waals surface area contributed by atoms with Gasteiger partial charge < -0.3 is 28.8 Å². The van der Waals surface area contributed by atoms with Crippen molar-refractivity contribution in [2.24, 2.45) is 5.41 Å². The Hall–Kier alpha value is -3.25. The Labute approximate surface area is 222 Å². The van der Waals surface area contributed by atoms with E-state index in [2.05, 4.69) is 15.5 Å². The van der Waals surface area contributed by atoms with E-state index in [9.17, 15) is 18.8 Å². The molecule has 3 saturated carbocycles. The maximum atomic E-state index is 13.5. The lowest BCUT2D eigenvalue weighted by Gasteiger charge is -2.68. The van der Waals surface area contributed by atoms with E-state index in [1.165, 1.54) is 17.0 Å². The van der Waals surface area contributed by atoms with Gasteiger partial charge in [0.05, 0.1) is 18.2 Å². The summed E-state index contributed by atoms with van der Waals surface area (Å²) in [6.45, 7) is 5.86. The average molecular weight is 551 g/mol. The first kappa shape index (κ1) is 26.4. The van der Waals surface area contributed by atoms with Gasteiger partial charge in [-0.05, 0) is 52.2 Å². The van der Waals surface area contributed by atoms with Crippen molar-refractivity contribution in [2.45, 2.75) is 57.3 Å². The summed E-state index contributed by atoms with van der Waals surface area (Å²) in [7, 11) is 0. The van der Waals surface area contributed by atoms with Crippen LogP contribution in [0, 0.1) is 11.2 Å². The Morgan fingerprint density at radius 1 is 1.24 bits per heavy atom. The van der Waals surface area contributed by atoms with Crippen LogP contribution in [0.2, 0.25) is 5.02 Å². The van der Waals surface area contributed by atoms with Gasteiger partial charge in [0.25, 0.3) is 11.8 Å². The lowest BCUT2D eigenvalue weighted by atomic mass is 9.38. The molecule has 0 spiro atoms. The molecule has 6 rings (SSSR count). The monoisotopic (exact) mass is 550 g/mol. The molecule has 1 N–H and O–H groups in total. The number of Topliss-reactive ketones (excluding diaryl/α,β-unsaturated/α-hetero) is 1. The first-order valence-corrected chi connectivity index (χ1v) is 12.6. The number of carbonyl (C=O) groups excluding carboxylic acids is 3. The van der Waals surface area contributed by atoms with Crippen molar-refractivity contribution in [1.29, 1.82) is 0 Å². The van der Waals surface area contributed by atoms with Crippen molar-refractivity contribution in [3.8, 4) is 5.75 Å². The van der Waals surface area contributed by atoms with Gasteiger partial charge in [-0.25, -0.2) is 9.18 Å². The highest BCUT2D eigenvalue weighted by Crippen LogP contribution is 2.68. The minimum Gasteiger partial charge on any atom is -0.484 e. The minimum atomic E-state index is -0.668. The maximum absolute atomic E-state index is 13.5. The topological polar surface area (TPSA) is 133 Å². The zero-order chi connectivity index (χ0) is 27.3. The van der Waals surface area contributed by atoms with E-state index in [-0.39, 0.29) is 54.0 Å². The molecule has 13 heteroatoms. The van der Waals surface area contributed by atoms with E-state index in [0.29, 0.717) is 25.8 Å². The van der Waals surface area contributed by atoms with Gasteiger partial charge in [0.1, 0.15) is 17.2 Å². The van der Waals surface area contributed by atoms with Gasteiger partial charge in [0.2, 0.25) is 11.7 Å². The number of benzene rings is 1. The van der Waals surface area contributed by atoms with Crippen molar-refractivity contribution in [2.75, 3.05) is 26.3 Å². The molecule has 11 nitrogen and oxygen atoms in total. The van der Waals surface area contributed by atoms with Crippen LogP contribution in [0.3, 0.4) is 0 Å². The number of halogens is 2. The Morgan fingerprint density at radius 3 is 2.66 bits per heavy atom. The van der Waals surface area contributed by atoms with Gasteiger partial charge in [0.15, 0.2) is 12.7 Å². The maximum Gasteiger partial charge on any atom is 0.410 e. The van der Waals surface area contributed by atoms with Gasteiger partial charge in [0, 0.05) is 23.6 Å². The number of carbonyl (C=O) groups is 3. The molecule has 38 heavy (non-hydrogen) atoms. The van der Waals surface area contributed by atoms with Crippen molar-refractivity contribution in [1.82, 2.24) is 20.4 Å². The summed E-state index contributed by atoms with van der Waals surface area (Å²) in [6, 6.07) is 3.93. The number of ether oxygens (including phenoxy) is 3. The van der Waals surface area contributed by atoms with Crippen LogP contribution in [-0.4, -0.2) is 70.3 Å². The molecule has 1 unspecified atom stereocenters. The highest BCUT2D eigenvalue weighted by atomic mass is 35.5. The summed E-state index contributed by atoms with van der Waals surface area (Å²) in [6.07, 6.45) is 0.213. The van der Waals surface area contributed by atoms with Crippen LogP contribution in [0.4, 0.5) is 9.18 Å². The molecular weight excluding hydrogens is 523 g/mol. The van der Waals surface area contributed by atoms with Crippen LogP contribution in [0.1, 0.15) is 62.7 Å². The number of amides is 2. The Kier molecular flexibility index (Phi) is 6.59. The minimum absolute atomic E-state index is 0.0342. The molecule has 0 radical (unpaired) electrons. The van der Waals surface area contributed by atoms with E-state index in [1.54, 1.807) is 20.8 Å². The molecule has 2 bridgehead atoms. The zero-order valence-electron chi connectivity index (χ0n) is 21.2. The standard InChI is InChI=1S/C25H28ClFN4O7/c1-23(2,3)38-22(34)31-6-7-35-17(9-31)20-29-30-21(37-20)19(33)24-11-25(12-24,13-24)28-18(32)10-36-14-4-5-15(26)16(27)8-14/h4-5,8,17H,6-7,9-13H2,1-3H3,(H,28,32). The van der Waals surface area contributed by atoms with Crippen LogP contribution in [0.5, 0.6) is 5.75 Å². The Bertz CT molecular complexity index is 1260. The predicted molar refractivity (Wildman–Crippen MR) is 129 cm³/mol. The number of morpholine rings is 1. The number of rotatable bonds is 7. The van der Waals surface area contributed by atoms with Gasteiger partial charge in [-0.2, -0.15) is 0 Å². The third-order valence-corrected chi connectivity index (χ3v) is 7.11. The van der Waals surface area contributed by atoms with E-state index in [0.717, 1.165) is 6.07 Å². The predicted octanol–water partition coefficient (Wildman–Crippen LogP) is 3.47. The van der Waals surface area contributed by atoms with E-state index >= 15 is 0 Å². The molecule has 4 fully saturated rings. The fraction of sp³-hybridized carbons (Fsp3) is 0.560. The molecule has 1 aromatic carbocycles. The van der Waals surface area contributed by atoms with Crippen LogP contribution < -0.4 is 10.1 Å². The Balaban J connectivity index is 1.12. The molecule has 2 aromatic rings. The molecular formula is C25H28ClFN4O7. The number of aromatic nitrogens is 2. The molecule has 4 aliphatic rings. The van der Waals surface area contributed by atoms with Crippen LogP contribution >= 0.6 is 11.6 Å². The molecule has 204 valence electrons. The second kappa shape index (κ2) is 9.49. The molecule has 2 amide bonds. The van der Waals surface area contributed by atoms with Crippen LogP contribution in [-0.2, 0) is 14.3 Å². The first-order valence-electron chi connectivity index (χ1n) is 12.2. The second-order valence-electron chi connectivity index (χ2n) is 11.1. The summed E-state index contributed by atoms with van der Waals surface area (Å²) < 4.78 is 35.6. The van der Waals surface area contributed by atoms with E-state index < -0.39 is 34.6 Å². The summed E-state index contributed by atoms with van der Waals surface area (Å²) in [5.74, 6) is -1.10. The number of nitrogens with one attached hydrogen (secondary N) is 1. The van der Waals surface area contributed by atoms with Gasteiger partial charge in [-0.15, -0.1) is 10.2 Å². The van der Waals surface area contributed by atoms with Crippen molar-refractivity contribution >= 4 is 29.4 Å². The summed E-state index contributed by atoms with van der Waals surface area (Å²) >= 11 is 5.64. The number of hydrogen-bond donors (Lipinski definition) is 1. The third kappa shape index (κ3) is 5.19. The summed E-state index contributed by atoms with van der Waals surface area (Å²) in [5.41, 5.74) is -1.77. The Morgan fingerprint density at radius 2 is 1.97 bits per heavy atom. The van der Waals surface area contributed by atoms with E-state index in [1.807, 2.05) is 0 Å². The normalized spacial score (nSPS) is 26.1. The van der Waals surface area contributed by atoms with Crippen LogP contribution in [0.15, 0.2) is 22.6 Å². The van der Waals surface area contributed by atoms with Crippen molar-refractivity contribution in [3.63, 3.8) is 0 Å². The number of nitrogens with zero attached hydrogens (tertiary/aromatic N) is 3. The number of hydrogen-bond acceptors (Lipinski definition) is 9. The van der Waals surface area contributed by atoms with Crippen LogP contribution in [0.25, 0.3) is 0 Å². The average Bonchev–Trinajstić information content (AvgIpc) is 3.30. The summed E-state index contributed by atoms with van der Waals surface area (Å²) in [5, 5.41) is 10.8. The molecule has 1 aliphatic heterocycles. The zero-order valence-corrected chi connectivity index (χ0v) is 22.0. The smallest absolute Gasteiger partial charge is 0.410 e. The SMILES string of the molecule is CC(C)(C)OC(=O)N1CCOC(c2nnc(C(=O)C34CC(NC(=O)COc5ccc(Cl)c(F)c5)(C3)C4)o2)C1. The highest BCUT2D eigenvalue weighted by Gasteiger charge is 2.72. The van der Waals surface area contributed by atoms with Gasteiger partial charge >= 0.3 is 6.09 Å².